The molecule has 5 rings (SSSR count). The van der Waals surface area contributed by atoms with Crippen molar-refractivity contribution >= 4 is 23.9 Å². The number of phenolic OH excluding ortho intramolecular Hbond substituents is 1. The maximum absolute atomic E-state index is 13.0. The zero-order valence-electron chi connectivity index (χ0n) is 15.9. The molecule has 2 N–H and O–H groups in total. The van der Waals surface area contributed by atoms with Gasteiger partial charge in [0.1, 0.15) is 5.75 Å². The number of aryl methyl sites for hydroxylation is 1. The summed E-state index contributed by atoms with van der Waals surface area (Å²) in [6.07, 6.45) is -2.88. The third-order valence-electron chi connectivity index (χ3n) is 5.31. The molecule has 4 heterocycles. The van der Waals surface area contributed by atoms with Crippen molar-refractivity contribution in [3.63, 3.8) is 0 Å². The Morgan fingerprint density at radius 3 is 2.83 bits per heavy atom. The molecule has 3 aromatic rings. The van der Waals surface area contributed by atoms with Crippen molar-refractivity contribution < 1.29 is 18.3 Å². The van der Waals surface area contributed by atoms with Gasteiger partial charge in [-0.25, -0.2) is 18.5 Å². The molecule has 0 amide bonds. The quantitative estimate of drug-likeness (QED) is 0.592. The second-order valence-electron chi connectivity index (χ2n) is 7.33. The molecule has 1 atom stereocenters. The lowest BCUT2D eigenvalue weighted by molar-refractivity contribution is -0.137. The van der Waals surface area contributed by atoms with Gasteiger partial charge in [-0.2, -0.15) is 18.2 Å². The van der Waals surface area contributed by atoms with Crippen LogP contribution in [0.15, 0.2) is 24.4 Å². The number of hydrogen-bond donors (Lipinski definition) is 2. The Bertz CT molecular complexity index is 1100. The normalized spacial score (nSPS) is 20.1. The van der Waals surface area contributed by atoms with Gasteiger partial charge in [0, 0.05) is 50.1 Å². The number of hydrogen-bond acceptors (Lipinski definition) is 8. The van der Waals surface area contributed by atoms with Gasteiger partial charge in [-0.15, -0.1) is 5.10 Å². The number of fused-ring (bicyclic) bond motifs is 2. The minimum atomic E-state index is -4.53. The second-order valence-corrected chi connectivity index (χ2v) is 8.27. The molecule has 2 aromatic heterocycles. The first-order chi connectivity index (χ1) is 14.3. The molecular weight excluding hydrogens is 419 g/mol. The lowest BCUT2D eigenvalue weighted by Gasteiger charge is -2.34. The van der Waals surface area contributed by atoms with E-state index in [1.165, 1.54) is 11.4 Å². The van der Waals surface area contributed by atoms with Crippen LogP contribution in [0.1, 0.15) is 11.1 Å². The highest BCUT2D eigenvalue weighted by Gasteiger charge is 2.34. The van der Waals surface area contributed by atoms with Crippen molar-refractivity contribution in [3.05, 3.63) is 35.5 Å². The maximum atomic E-state index is 13.0. The molecule has 2 aliphatic heterocycles. The number of aromatic hydroxyl groups is 1. The minimum Gasteiger partial charge on any atom is -0.507 e. The molecule has 2 fully saturated rings. The number of aromatic nitrogens is 4. The summed E-state index contributed by atoms with van der Waals surface area (Å²) in [5, 5.41) is 14.7. The van der Waals surface area contributed by atoms with Gasteiger partial charge >= 0.3 is 6.18 Å². The predicted octanol–water partition coefficient (Wildman–Crippen LogP) is 2.48. The average molecular weight is 437 g/mol. The van der Waals surface area contributed by atoms with Crippen molar-refractivity contribution in [1.29, 1.82) is 0 Å². The number of rotatable bonds is 2. The third-order valence-corrected chi connectivity index (χ3v) is 6.32. The average Bonchev–Trinajstić information content (AvgIpc) is 3.32. The number of nitrogens with one attached hydrogen (secondary N) is 1. The van der Waals surface area contributed by atoms with Gasteiger partial charge < -0.3 is 10.0 Å². The van der Waals surface area contributed by atoms with Gasteiger partial charge in [0.25, 0.3) is 5.78 Å². The summed E-state index contributed by atoms with van der Waals surface area (Å²) in [6, 6.07) is 3.71. The Morgan fingerprint density at radius 1 is 1.23 bits per heavy atom. The van der Waals surface area contributed by atoms with Crippen molar-refractivity contribution in [3.8, 4) is 17.0 Å². The third kappa shape index (κ3) is 3.34. The first-order valence-corrected chi connectivity index (χ1v) is 10.1. The van der Waals surface area contributed by atoms with E-state index in [0.717, 1.165) is 38.3 Å². The van der Waals surface area contributed by atoms with Crippen LogP contribution < -0.4 is 9.62 Å². The monoisotopic (exact) mass is 437 g/mol. The lowest BCUT2D eigenvalue weighted by atomic mass is 10.0. The highest BCUT2D eigenvalue weighted by atomic mass is 32.2. The number of halogens is 3. The van der Waals surface area contributed by atoms with Gasteiger partial charge in [0.15, 0.2) is 0 Å². The van der Waals surface area contributed by atoms with E-state index in [9.17, 15) is 18.3 Å². The first kappa shape index (κ1) is 19.4. The molecular formula is C18H18F3N7OS. The van der Waals surface area contributed by atoms with Gasteiger partial charge in [0.05, 0.1) is 17.3 Å². The molecule has 0 spiro atoms. The van der Waals surface area contributed by atoms with Crippen LogP contribution in [0.2, 0.25) is 0 Å². The molecule has 0 aliphatic carbocycles. The highest BCUT2D eigenvalue weighted by molar-refractivity contribution is 7.95. The SMILES string of the molecule is Cc1cc(C(F)(F)F)cc(O)c1-c1ccn2nc(N3CCN4SNCC4C3)nc2n1. The van der Waals surface area contributed by atoms with Gasteiger partial charge in [-0.05, 0) is 30.7 Å². The number of alkyl halides is 3. The second kappa shape index (κ2) is 7.00. The van der Waals surface area contributed by atoms with Crippen LogP contribution in [0.5, 0.6) is 5.75 Å². The first-order valence-electron chi connectivity index (χ1n) is 9.35. The van der Waals surface area contributed by atoms with E-state index in [-0.39, 0.29) is 11.1 Å². The van der Waals surface area contributed by atoms with Gasteiger partial charge in [0.2, 0.25) is 5.95 Å². The Hall–Kier alpha value is -2.57. The summed E-state index contributed by atoms with van der Waals surface area (Å²) >= 11 is 1.64. The van der Waals surface area contributed by atoms with Gasteiger partial charge in [-0.3, -0.25) is 0 Å². The Kier molecular flexibility index (Phi) is 4.52. The number of phenols is 1. The molecule has 1 aromatic carbocycles. The fourth-order valence-electron chi connectivity index (χ4n) is 3.83. The number of nitrogens with zero attached hydrogens (tertiary/aromatic N) is 6. The molecule has 158 valence electrons. The van der Waals surface area contributed by atoms with Crippen molar-refractivity contribution in [2.45, 2.75) is 19.1 Å². The summed E-state index contributed by atoms with van der Waals surface area (Å²) in [6.45, 7) is 4.87. The van der Waals surface area contributed by atoms with Crippen molar-refractivity contribution in [2.24, 2.45) is 0 Å². The van der Waals surface area contributed by atoms with Gasteiger partial charge in [-0.1, -0.05) is 0 Å². The van der Waals surface area contributed by atoms with Crippen molar-refractivity contribution in [1.82, 2.24) is 28.6 Å². The Balaban J connectivity index is 1.47. The molecule has 2 saturated heterocycles. The molecule has 12 heteroatoms. The van der Waals surface area contributed by atoms with Crippen LogP contribution >= 0.6 is 12.1 Å². The van der Waals surface area contributed by atoms with Crippen molar-refractivity contribution in [2.75, 3.05) is 31.1 Å². The van der Waals surface area contributed by atoms with Crippen LogP contribution in [0.25, 0.3) is 17.0 Å². The number of piperazine rings is 1. The summed E-state index contributed by atoms with van der Waals surface area (Å²) < 4.78 is 46.1. The highest BCUT2D eigenvalue weighted by Crippen LogP contribution is 2.38. The smallest absolute Gasteiger partial charge is 0.416 e. The van der Waals surface area contributed by atoms with Crippen LogP contribution in [-0.4, -0.2) is 61.2 Å². The fraction of sp³-hybridized carbons (Fsp3) is 0.389. The summed E-state index contributed by atoms with van der Waals surface area (Å²) in [5.41, 5.74) is -0.0313. The van der Waals surface area contributed by atoms with E-state index in [0.29, 0.717) is 23.5 Å². The van der Waals surface area contributed by atoms with Crippen LogP contribution in [0, 0.1) is 6.92 Å². The topological polar surface area (TPSA) is 81.8 Å². The predicted molar refractivity (Wildman–Crippen MR) is 106 cm³/mol. The molecule has 0 saturated carbocycles. The number of benzene rings is 1. The molecule has 2 aliphatic rings. The van der Waals surface area contributed by atoms with E-state index < -0.39 is 17.5 Å². The summed E-state index contributed by atoms with van der Waals surface area (Å²) in [5.74, 6) is 0.411. The fourth-order valence-corrected chi connectivity index (χ4v) is 4.72. The zero-order valence-corrected chi connectivity index (χ0v) is 16.7. The van der Waals surface area contributed by atoms with E-state index in [1.807, 2.05) is 0 Å². The molecule has 30 heavy (non-hydrogen) atoms. The minimum absolute atomic E-state index is 0.248. The standard InChI is InChI=1S/C18H18F3N7OS/c1-10-6-11(18(19,20)21)7-14(29)15(10)13-2-3-27-16(23-13)24-17(25-27)26-4-5-28-12(9-26)8-22-30-28/h2-3,6-7,12,22,29H,4-5,8-9H2,1H3. The van der Waals surface area contributed by atoms with Crippen LogP contribution in [0.4, 0.5) is 19.1 Å². The summed E-state index contributed by atoms with van der Waals surface area (Å²) in [4.78, 5) is 11.0. The van der Waals surface area contributed by atoms with E-state index >= 15 is 0 Å². The maximum Gasteiger partial charge on any atom is 0.416 e. The van der Waals surface area contributed by atoms with E-state index in [1.54, 1.807) is 24.4 Å². The largest absolute Gasteiger partial charge is 0.507 e. The lowest BCUT2D eigenvalue weighted by Crippen LogP contribution is -2.49. The van der Waals surface area contributed by atoms with E-state index in [2.05, 4.69) is 29.0 Å². The Morgan fingerprint density at radius 2 is 2.07 bits per heavy atom. The molecule has 8 nitrogen and oxygen atoms in total. The molecule has 0 radical (unpaired) electrons. The molecule has 0 bridgehead atoms. The summed E-state index contributed by atoms with van der Waals surface area (Å²) in [7, 11) is 0. The Labute approximate surface area is 174 Å². The molecule has 1 unspecified atom stereocenters. The number of anilines is 1. The van der Waals surface area contributed by atoms with Crippen LogP contribution in [-0.2, 0) is 6.18 Å². The zero-order chi connectivity index (χ0) is 21.0. The van der Waals surface area contributed by atoms with Crippen LogP contribution in [0.3, 0.4) is 0 Å². The van der Waals surface area contributed by atoms with E-state index in [4.69, 9.17) is 0 Å².